The number of carbonyl (C=O) groups is 1. The monoisotopic (exact) mass is 451 g/mol. The summed E-state index contributed by atoms with van der Waals surface area (Å²) >= 11 is 7.58. The summed E-state index contributed by atoms with van der Waals surface area (Å²) in [5.41, 5.74) is 2.33. The van der Waals surface area contributed by atoms with E-state index in [9.17, 15) is 9.59 Å². The van der Waals surface area contributed by atoms with Crippen LogP contribution in [0.4, 0.5) is 5.69 Å². The van der Waals surface area contributed by atoms with Gasteiger partial charge in [0.1, 0.15) is 16.5 Å². The van der Waals surface area contributed by atoms with Gasteiger partial charge < -0.3 is 14.6 Å². The first-order chi connectivity index (χ1) is 15.0. The Morgan fingerprint density at radius 3 is 2.65 bits per heavy atom. The maximum absolute atomic E-state index is 12.7. The van der Waals surface area contributed by atoms with Crippen LogP contribution in [0.1, 0.15) is 16.1 Å². The van der Waals surface area contributed by atoms with Crippen molar-refractivity contribution < 1.29 is 9.53 Å². The van der Waals surface area contributed by atoms with Gasteiger partial charge in [-0.3, -0.25) is 9.59 Å². The summed E-state index contributed by atoms with van der Waals surface area (Å²) in [6, 6.07) is 17.8. The van der Waals surface area contributed by atoms with Crippen LogP contribution >= 0.6 is 22.9 Å². The highest BCUT2D eigenvalue weighted by atomic mass is 35.5. The number of ether oxygens (including phenoxy) is 1. The lowest BCUT2D eigenvalue weighted by atomic mass is 10.2. The molecule has 6 nitrogen and oxygen atoms in total. The fraction of sp³-hybridized carbons (Fsp3) is 0.0870. The molecule has 0 bridgehead atoms. The zero-order valence-corrected chi connectivity index (χ0v) is 18.1. The Hall–Kier alpha value is -3.42. The predicted octanol–water partition coefficient (Wildman–Crippen LogP) is 4.93. The van der Waals surface area contributed by atoms with E-state index in [4.69, 9.17) is 16.3 Å². The largest absolute Gasteiger partial charge is 0.497 e. The lowest BCUT2D eigenvalue weighted by Gasteiger charge is -2.10. The second kappa shape index (κ2) is 9.16. The van der Waals surface area contributed by atoms with Crippen LogP contribution in [-0.2, 0) is 6.54 Å². The Labute approximate surface area is 187 Å². The molecule has 0 spiro atoms. The van der Waals surface area contributed by atoms with Crippen molar-refractivity contribution in [2.75, 3.05) is 12.4 Å². The summed E-state index contributed by atoms with van der Waals surface area (Å²) in [4.78, 5) is 29.3. The van der Waals surface area contributed by atoms with E-state index in [1.165, 1.54) is 22.0 Å². The molecule has 0 saturated heterocycles. The fourth-order valence-electron chi connectivity index (χ4n) is 2.98. The summed E-state index contributed by atoms with van der Waals surface area (Å²) in [5.74, 6) is 0.407. The van der Waals surface area contributed by atoms with Crippen molar-refractivity contribution in [1.82, 2.24) is 9.55 Å². The number of nitrogens with zero attached hydrogens (tertiary/aromatic N) is 2. The lowest BCUT2D eigenvalue weighted by Crippen LogP contribution is -2.21. The zero-order chi connectivity index (χ0) is 21.8. The molecule has 31 heavy (non-hydrogen) atoms. The Bertz CT molecular complexity index is 1280. The third-order valence-corrected chi connectivity index (χ3v) is 5.87. The third-order valence-electron chi connectivity index (χ3n) is 4.61. The summed E-state index contributed by atoms with van der Waals surface area (Å²) in [5, 5.41) is 5.82. The molecule has 0 aliphatic carbocycles. The predicted molar refractivity (Wildman–Crippen MR) is 123 cm³/mol. The van der Waals surface area contributed by atoms with Gasteiger partial charge in [0.25, 0.3) is 11.5 Å². The number of carbonyl (C=O) groups excluding carboxylic acids is 1. The highest BCUT2D eigenvalue weighted by molar-refractivity contribution is 7.13. The van der Waals surface area contributed by atoms with E-state index >= 15 is 0 Å². The number of amides is 1. The molecule has 0 radical (unpaired) electrons. The Balaban J connectivity index is 1.50. The van der Waals surface area contributed by atoms with E-state index < -0.39 is 0 Å². The van der Waals surface area contributed by atoms with Gasteiger partial charge in [-0.25, -0.2) is 4.98 Å². The van der Waals surface area contributed by atoms with Crippen molar-refractivity contribution in [1.29, 1.82) is 0 Å². The van der Waals surface area contributed by atoms with Crippen molar-refractivity contribution in [3.05, 3.63) is 98.9 Å². The first-order valence-corrected chi connectivity index (χ1v) is 10.6. The standard InChI is InChI=1S/C23H18ClN3O3S/c1-30-18-9-6-15(7-10-18)23-26-20(14-31-23)22(29)25-17-8-11-21(28)27(13-17)12-16-4-2-3-5-19(16)24/h2-11,13-14H,12H2,1H3,(H,25,29). The minimum atomic E-state index is -0.348. The number of pyridine rings is 1. The number of hydrogen-bond donors (Lipinski definition) is 1. The smallest absolute Gasteiger partial charge is 0.275 e. The van der Waals surface area contributed by atoms with Crippen molar-refractivity contribution in [3.63, 3.8) is 0 Å². The van der Waals surface area contributed by atoms with E-state index in [0.717, 1.165) is 21.9 Å². The molecule has 0 unspecified atom stereocenters. The molecule has 0 aliphatic rings. The molecule has 0 atom stereocenters. The van der Waals surface area contributed by atoms with Crippen LogP contribution < -0.4 is 15.6 Å². The van der Waals surface area contributed by atoms with Crippen LogP contribution in [0.25, 0.3) is 10.6 Å². The van der Waals surface area contributed by atoms with Crippen molar-refractivity contribution in [2.24, 2.45) is 0 Å². The van der Waals surface area contributed by atoms with Crippen molar-refractivity contribution in [2.45, 2.75) is 6.54 Å². The fourth-order valence-corrected chi connectivity index (χ4v) is 3.98. The van der Waals surface area contributed by atoms with Crippen LogP contribution in [0.15, 0.2) is 77.0 Å². The summed E-state index contributed by atoms with van der Waals surface area (Å²) in [6.45, 7) is 0.306. The van der Waals surface area contributed by atoms with E-state index in [-0.39, 0.29) is 11.5 Å². The summed E-state index contributed by atoms with van der Waals surface area (Å²) in [7, 11) is 1.61. The van der Waals surface area contributed by atoms with Gasteiger partial charge in [0.05, 0.1) is 19.3 Å². The average Bonchev–Trinajstić information content (AvgIpc) is 3.28. The molecule has 4 aromatic rings. The maximum atomic E-state index is 12.7. The second-order valence-corrected chi connectivity index (χ2v) is 7.96. The number of nitrogens with one attached hydrogen (secondary N) is 1. The Morgan fingerprint density at radius 1 is 1.13 bits per heavy atom. The lowest BCUT2D eigenvalue weighted by molar-refractivity contribution is 0.102. The van der Waals surface area contributed by atoms with Crippen LogP contribution in [0, 0.1) is 0 Å². The van der Waals surface area contributed by atoms with Crippen LogP contribution in [0.5, 0.6) is 5.75 Å². The molecule has 1 amide bonds. The number of anilines is 1. The minimum Gasteiger partial charge on any atom is -0.497 e. The molecule has 2 heterocycles. The van der Waals surface area contributed by atoms with Gasteiger partial charge >= 0.3 is 0 Å². The Morgan fingerprint density at radius 2 is 1.90 bits per heavy atom. The van der Waals surface area contributed by atoms with Gasteiger partial charge in [-0.2, -0.15) is 0 Å². The maximum Gasteiger partial charge on any atom is 0.275 e. The van der Waals surface area contributed by atoms with Crippen molar-refractivity contribution in [3.8, 4) is 16.3 Å². The molecule has 1 N–H and O–H groups in total. The van der Waals surface area contributed by atoms with Gasteiger partial charge in [-0.1, -0.05) is 29.8 Å². The van der Waals surface area contributed by atoms with Gasteiger partial charge in [0.15, 0.2) is 0 Å². The van der Waals surface area contributed by atoms with Gasteiger partial charge in [0, 0.05) is 28.2 Å². The average molecular weight is 452 g/mol. The zero-order valence-electron chi connectivity index (χ0n) is 16.5. The SMILES string of the molecule is COc1ccc(-c2nc(C(=O)Nc3ccc(=O)n(Cc4ccccc4Cl)c3)cs2)cc1. The number of rotatable bonds is 6. The molecule has 0 fully saturated rings. The van der Waals surface area contributed by atoms with Gasteiger partial charge in [-0.15, -0.1) is 11.3 Å². The highest BCUT2D eigenvalue weighted by Gasteiger charge is 2.13. The minimum absolute atomic E-state index is 0.187. The van der Waals surface area contributed by atoms with Crippen LogP contribution in [0.3, 0.4) is 0 Å². The topological polar surface area (TPSA) is 73.2 Å². The van der Waals surface area contributed by atoms with E-state index in [0.29, 0.717) is 22.9 Å². The molecular weight excluding hydrogens is 434 g/mol. The van der Waals surface area contributed by atoms with E-state index in [2.05, 4.69) is 10.3 Å². The quantitative estimate of drug-likeness (QED) is 0.451. The van der Waals surface area contributed by atoms with Crippen LogP contribution in [0.2, 0.25) is 5.02 Å². The molecular formula is C23H18ClN3O3S. The van der Waals surface area contributed by atoms with Crippen LogP contribution in [-0.4, -0.2) is 22.6 Å². The first kappa shape index (κ1) is 20.8. The number of hydrogen-bond acceptors (Lipinski definition) is 5. The molecule has 8 heteroatoms. The molecule has 156 valence electrons. The normalized spacial score (nSPS) is 10.6. The summed E-state index contributed by atoms with van der Waals surface area (Å²) < 4.78 is 6.66. The number of benzene rings is 2. The second-order valence-electron chi connectivity index (χ2n) is 6.70. The van der Waals surface area contributed by atoms with Crippen molar-refractivity contribution >= 4 is 34.5 Å². The van der Waals surface area contributed by atoms with E-state index in [1.54, 1.807) is 30.8 Å². The Kier molecular flexibility index (Phi) is 6.16. The number of methoxy groups -OCH3 is 1. The first-order valence-electron chi connectivity index (χ1n) is 9.38. The summed E-state index contributed by atoms with van der Waals surface area (Å²) in [6.07, 6.45) is 1.60. The highest BCUT2D eigenvalue weighted by Crippen LogP contribution is 2.26. The number of thiazole rings is 1. The molecule has 2 aromatic heterocycles. The molecule has 4 rings (SSSR count). The van der Waals surface area contributed by atoms with Gasteiger partial charge in [-0.05, 0) is 42.0 Å². The molecule has 0 aliphatic heterocycles. The third kappa shape index (κ3) is 4.84. The van der Waals surface area contributed by atoms with E-state index in [1.807, 2.05) is 42.5 Å². The molecule has 0 saturated carbocycles. The van der Waals surface area contributed by atoms with Gasteiger partial charge in [0.2, 0.25) is 0 Å². The number of aromatic nitrogens is 2. The number of halogens is 1. The molecule has 2 aromatic carbocycles.